The molecule has 15 heavy (non-hydrogen) atoms. The molecule has 0 aliphatic rings. The van der Waals surface area contributed by atoms with Gasteiger partial charge in [-0.15, -0.1) is 12.3 Å². The summed E-state index contributed by atoms with van der Waals surface area (Å²) in [5.74, 6) is 2.58. The minimum absolute atomic E-state index is 0.680. The molecular formula is C13H15BrO. The normalized spacial score (nSPS) is 14.3. The lowest BCUT2D eigenvalue weighted by molar-refractivity contribution is 0.0453. The zero-order chi connectivity index (χ0) is 11.3. The second kappa shape index (κ2) is 5.34. The highest BCUT2D eigenvalue weighted by atomic mass is 79.9. The first-order valence-corrected chi connectivity index (χ1v) is 5.78. The highest BCUT2D eigenvalue weighted by molar-refractivity contribution is 9.10. The molecule has 0 saturated carbocycles. The van der Waals surface area contributed by atoms with Gasteiger partial charge in [0.1, 0.15) is 0 Å². The van der Waals surface area contributed by atoms with Crippen LogP contribution in [-0.2, 0) is 5.60 Å². The van der Waals surface area contributed by atoms with E-state index in [0.29, 0.717) is 12.8 Å². The lowest BCUT2D eigenvalue weighted by Gasteiger charge is -2.24. The van der Waals surface area contributed by atoms with Gasteiger partial charge in [0, 0.05) is 10.9 Å². The van der Waals surface area contributed by atoms with Gasteiger partial charge in [0.25, 0.3) is 0 Å². The van der Waals surface area contributed by atoms with Gasteiger partial charge in [-0.2, -0.15) is 0 Å². The Kier molecular flexibility index (Phi) is 4.38. The van der Waals surface area contributed by atoms with Crippen LogP contribution in [0.5, 0.6) is 0 Å². The molecule has 1 aromatic carbocycles. The molecule has 0 amide bonds. The summed E-state index contributed by atoms with van der Waals surface area (Å²) in [6, 6.07) is 7.73. The summed E-state index contributed by atoms with van der Waals surface area (Å²) in [4.78, 5) is 0. The van der Waals surface area contributed by atoms with E-state index in [9.17, 15) is 5.11 Å². The third-order valence-corrected chi connectivity index (χ3v) is 3.13. The molecule has 1 aromatic rings. The molecule has 0 heterocycles. The maximum atomic E-state index is 10.3. The van der Waals surface area contributed by atoms with Crippen LogP contribution in [0, 0.1) is 12.3 Å². The van der Waals surface area contributed by atoms with E-state index in [4.69, 9.17) is 6.42 Å². The van der Waals surface area contributed by atoms with Crippen LogP contribution in [0.25, 0.3) is 0 Å². The molecule has 1 rings (SSSR count). The van der Waals surface area contributed by atoms with Crippen LogP contribution in [0.2, 0.25) is 0 Å². The van der Waals surface area contributed by atoms with E-state index in [0.717, 1.165) is 16.5 Å². The summed E-state index contributed by atoms with van der Waals surface area (Å²) >= 11 is 3.44. The fourth-order valence-corrected chi connectivity index (χ4v) is 2.28. The minimum Gasteiger partial charge on any atom is -0.385 e. The number of aliphatic hydroxyl groups is 1. The quantitative estimate of drug-likeness (QED) is 0.654. The van der Waals surface area contributed by atoms with Crippen molar-refractivity contribution in [1.82, 2.24) is 0 Å². The second-order valence-electron chi connectivity index (χ2n) is 3.81. The van der Waals surface area contributed by atoms with Crippen molar-refractivity contribution in [2.24, 2.45) is 0 Å². The van der Waals surface area contributed by atoms with E-state index in [2.05, 4.69) is 21.9 Å². The summed E-state index contributed by atoms with van der Waals surface area (Å²) < 4.78 is 0.940. The minimum atomic E-state index is -0.809. The van der Waals surface area contributed by atoms with Crippen LogP contribution in [0.4, 0.5) is 0 Å². The third kappa shape index (κ3) is 3.37. The molecule has 0 aliphatic carbocycles. The predicted molar refractivity (Wildman–Crippen MR) is 66.4 cm³/mol. The summed E-state index contributed by atoms with van der Waals surface area (Å²) in [5.41, 5.74) is 0.110. The number of terminal acetylenes is 1. The summed E-state index contributed by atoms with van der Waals surface area (Å²) in [5, 5.41) is 10.3. The van der Waals surface area contributed by atoms with Crippen LogP contribution in [0.3, 0.4) is 0 Å². The Bertz CT molecular complexity index is 363. The molecule has 0 bridgehead atoms. The molecule has 0 spiro atoms. The molecule has 1 atom stereocenters. The second-order valence-corrected chi connectivity index (χ2v) is 4.67. The lowest BCUT2D eigenvalue weighted by atomic mass is 9.90. The van der Waals surface area contributed by atoms with Gasteiger partial charge in [-0.3, -0.25) is 0 Å². The van der Waals surface area contributed by atoms with Crippen LogP contribution < -0.4 is 0 Å². The van der Waals surface area contributed by atoms with Crippen LogP contribution >= 0.6 is 15.9 Å². The van der Waals surface area contributed by atoms with Crippen molar-refractivity contribution in [3.63, 3.8) is 0 Å². The SMILES string of the molecule is C#CCCCC(C)(O)c1ccccc1Br. The molecule has 80 valence electrons. The highest BCUT2D eigenvalue weighted by Gasteiger charge is 2.24. The van der Waals surface area contributed by atoms with E-state index in [-0.39, 0.29) is 0 Å². The van der Waals surface area contributed by atoms with Gasteiger partial charge < -0.3 is 5.11 Å². The summed E-state index contributed by atoms with van der Waals surface area (Å²) in [6.07, 6.45) is 7.41. The zero-order valence-corrected chi connectivity index (χ0v) is 10.4. The Morgan fingerprint density at radius 2 is 2.13 bits per heavy atom. The van der Waals surface area contributed by atoms with Gasteiger partial charge in [-0.05, 0) is 31.4 Å². The molecule has 0 saturated heterocycles. The zero-order valence-electron chi connectivity index (χ0n) is 8.83. The van der Waals surface area contributed by atoms with E-state index >= 15 is 0 Å². The van der Waals surface area contributed by atoms with Gasteiger partial charge in [0.15, 0.2) is 0 Å². The van der Waals surface area contributed by atoms with E-state index in [1.165, 1.54) is 0 Å². The van der Waals surface area contributed by atoms with Crippen molar-refractivity contribution >= 4 is 15.9 Å². The van der Waals surface area contributed by atoms with E-state index in [1.807, 2.05) is 31.2 Å². The first kappa shape index (κ1) is 12.3. The Balaban J connectivity index is 2.77. The van der Waals surface area contributed by atoms with Crippen LogP contribution in [-0.4, -0.2) is 5.11 Å². The van der Waals surface area contributed by atoms with Crippen LogP contribution in [0.1, 0.15) is 31.7 Å². The number of hydrogen-bond donors (Lipinski definition) is 1. The lowest BCUT2D eigenvalue weighted by Crippen LogP contribution is -2.21. The Morgan fingerprint density at radius 3 is 2.73 bits per heavy atom. The molecule has 0 aromatic heterocycles. The summed E-state index contributed by atoms with van der Waals surface area (Å²) in [6.45, 7) is 1.82. The number of halogens is 1. The molecule has 0 radical (unpaired) electrons. The number of hydrogen-bond acceptors (Lipinski definition) is 1. The van der Waals surface area contributed by atoms with Crippen molar-refractivity contribution in [3.8, 4) is 12.3 Å². The van der Waals surface area contributed by atoms with E-state index in [1.54, 1.807) is 0 Å². The van der Waals surface area contributed by atoms with Crippen molar-refractivity contribution in [2.45, 2.75) is 31.8 Å². The molecule has 1 nitrogen and oxygen atoms in total. The van der Waals surface area contributed by atoms with E-state index < -0.39 is 5.60 Å². The average molecular weight is 267 g/mol. The summed E-state index contributed by atoms with van der Waals surface area (Å²) in [7, 11) is 0. The number of benzene rings is 1. The highest BCUT2D eigenvalue weighted by Crippen LogP contribution is 2.31. The maximum Gasteiger partial charge on any atom is 0.0879 e. The Hall–Kier alpha value is -0.780. The monoisotopic (exact) mass is 266 g/mol. The van der Waals surface area contributed by atoms with Gasteiger partial charge in [0.05, 0.1) is 5.60 Å². The maximum absolute atomic E-state index is 10.3. The van der Waals surface area contributed by atoms with Crippen molar-refractivity contribution < 1.29 is 5.11 Å². The molecule has 0 aliphatic heterocycles. The van der Waals surface area contributed by atoms with Crippen LogP contribution in [0.15, 0.2) is 28.7 Å². The first-order valence-electron chi connectivity index (χ1n) is 4.99. The molecule has 1 unspecified atom stereocenters. The molecule has 2 heteroatoms. The standard InChI is InChI=1S/C13H15BrO/c1-3-4-7-10-13(2,15)11-8-5-6-9-12(11)14/h1,5-6,8-9,15H,4,7,10H2,2H3. The Labute approximate surface area is 99.6 Å². The fourth-order valence-electron chi connectivity index (χ4n) is 1.57. The number of unbranched alkanes of at least 4 members (excludes halogenated alkanes) is 1. The Morgan fingerprint density at radius 1 is 1.47 bits per heavy atom. The number of rotatable bonds is 4. The molecule has 1 N–H and O–H groups in total. The van der Waals surface area contributed by atoms with Crippen molar-refractivity contribution in [1.29, 1.82) is 0 Å². The topological polar surface area (TPSA) is 20.2 Å². The average Bonchev–Trinajstić information content (AvgIpc) is 2.18. The largest absolute Gasteiger partial charge is 0.385 e. The molecule has 0 fully saturated rings. The van der Waals surface area contributed by atoms with Gasteiger partial charge in [-0.1, -0.05) is 34.1 Å². The van der Waals surface area contributed by atoms with Gasteiger partial charge >= 0.3 is 0 Å². The smallest absolute Gasteiger partial charge is 0.0879 e. The fraction of sp³-hybridized carbons (Fsp3) is 0.385. The molecular weight excluding hydrogens is 252 g/mol. The third-order valence-electron chi connectivity index (χ3n) is 2.44. The predicted octanol–water partition coefficient (Wildman–Crippen LogP) is 3.46. The first-order chi connectivity index (χ1) is 7.08. The van der Waals surface area contributed by atoms with Gasteiger partial charge in [0.2, 0.25) is 0 Å². The van der Waals surface area contributed by atoms with Crippen molar-refractivity contribution in [3.05, 3.63) is 34.3 Å². The van der Waals surface area contributed by atoms with Crippen molar-refractivity contribution in [2.75, 3.05) is 0 Å². The van der Waals surface area contributed by atoms with Gasteiger partial charge in [-0.25, -0.2) is 0 Å².